The van der Waals surface area contributed by atoms with Crippen LogP contribution >= 0.6 is 23.4 Å². The van der Waals surface area contributed by atoms with Crippen molar-refractivity contribution in [1.29, 1.82) is 0 Å². The van der Waals surface area contributed by atoms with E-state index in [-0.39, 0.29) is 5.91 Å². The van der Waals surface area contributed by atoms with E-state index in [9.17, 15) is 4.79 Å². The van der Waals surface area contributed by atoms with E-state index >= 15 is 0 Å². The number of carbonyl (C=O) groups excluding carboxylic acids is 1. The predicted molar refractivity (Wildman–Crippen MR) is 110 cm³/mol. The van der Waals surface area contributed by atoms with Gasteiger partial charge in [-0.15, -0.1) is 0 Å². The van der Waals surface area contributed by atoms with E-state index in [1.807, 2.05) is 36.4 Å². The summed E-state index contributed by atoms with van der Waals surface area (Å²) >= 11 is 7.55. The molecule has 0 radical (unpaired) electrons. The van der Waals surface area contributed by atoms with Crippen molar-refractivity contribution in [2.75, 3.05) is 12.4 Å². The number of thioether (sulfide) groups is 1. The van der Waals surface area contributed by atoms with E-state index < -0.39 is 4.87 Å². The molecule has 1 atom stereocenters. The zero-order chi connectivity index (χ0) is 18.6. The number of fused-ring (bicyclic) bond motifs is 3. The number of halogens is 1. The molecule has 2 N–H and O–H groups in total. The summed E-state index contributed by atoms with van der Waals surface area (Å²) in [5, 5.41) is 10.9. The maximum atomic E-state index is 12.7. The van der Waals surface area contributed by atoms with Crippen LogP contribution in [0.2, 0.25) is 5.02 Å². The number of methoxy groups -OCH3 is 1. The van der Waals surface area contributed by atoms with Crippen LogP contribution in [0.1, 0.15) is 11.1 Å². The van der Waals surface area contributed by atoms with E-state index in [0.717, 1.165) is 38.4 Å². The number of anilines is 1. The summed E-state index contributed by atoms with van der Waals surface area (Å²) in [6.45, 7) is 0. The topological polar surface area (TPSA) is 62.7 Å². The molecule has 134 valence electrons. The van der Waals surface area contributed by atoms with E-state index in [4.69, 9.17) is 16.3 Å². The van der Waals surface area contributed by atoms with Gasteiger partial charge in [0.25, 0.3) is 5.91 Å². The minimum Gasteiger partial charge on any atom is -0.497 e. The summed E-state index contributed by atoms with van der Waals surface area (Å²) in [4.78, 5) is 11.7. The molecule has 0 saturated carbocycles. The van der Waals surface area contributed by atoms with Gasteiger partial charge in [-0.05, 0) is 47.2 Å². The van der Waals surface area contributed by atoms with E-state index in [2.05, 4.69) is 21.9 Å². The summed E-state index contributed by atoms with van der Waals surface area (Å²) < 4.78 is 5.28. The Morgan fingerprint density at radius 3 is 2.74 bits per heavy atom. The molecule has 1 spiro atoms. The van der Waals surface area contributed by atoms with Crippen LogP contribution in [-0.4, -0.2) is 18.1 Å². The third-order valence-electron chi connectivity index (χ3n) is 4.79. The van der Waals surface area contributed by atoms with Gasteiger partial charge >= 0.3 is 0 Å². The van der Waals surface area contributed by atoms with Gasteiger partial charge in [0, 0.05) is 21.8 Å². The fourth-order valence-corrected chi connectivity index (χ4v) is 4.70. The molecular formula is C20H14ClN3O2S. The van der Waals surface area contributed by atoms with Crippen molar-refractivity contribution in [2.45, 2.75) is 4.87 Å². The number of nitrogens with one attached hydrogen (secondary N) is 2. The van der Waals surface area contributed by atoms with Gasteiger partial charge in [-0.25, -0.2) is 0 Å². The third kappa shape index (κ3) is 2.48. The zero-order valence-corrected chi connectivity index (χ0v) is 15.8. The fourth-order valence-electron chi connectivity index (χ4n) is 3.39. The fraction of sp³-hybridized carbons (Fsp3) is 0.100. The number of hydrogen-bond donors (Lipinski definition) is 2. The Bertz CT molecular complexity index is 1150. The number of ether oxygens (including phenoxy) is 1. The molecule has 0 saturated heterocycles. The maximum Gasteiger partial charge on any atom is 0.267 e. The highest BCUT2D eigenvalue weighted by Gasteiger charge is 2.52. The number of amides is 1. The van der Waals surface area contributed by atoms with Crippen LogP contribution in [-0.2, 0) is 9.67 Å². The monoisotopic (exact) mass is 395 g/mol. The average Bonchev–Trinajstić information content (AvgIpc) is 3.25. The summed E-state index contributed by atoms with van der Waals surface area (Å²) in [7, 11) is 1.65. The lowest BCUT2D eigenvalue weighted by Gasteiger charge is -2.20. The second-order valence-corrected chi connectivity index (χ2v) is 8.02. The molecule has 3 aromatic rings. The molecule has 0 aliphatic carbocycles. The van der Waals surface area contributed by atoms with Crippen LogP contribution in [0, 0.1) is 0 Å². The molecule has 27 heavy (non-hydrogen) atoms. The molecule has 0 fully saturated rings. The van der Waals surface area contributed by atoms with Crippen molar-refractivity contribution in [3.05, 3.63) is 70.7 Å². The quantitative estimate of drug-likeness (QED) is 0.679. The van der Waals surface area contributed by atoms with Crippen molar-refractivity contribution in [1.82, 2.24) is 5.43 Å². The summed E-state index contributed by atoms with van der Waals surface area (Å²) in [5.74, 6) is 0.675. The van der Waals surface area contributed by atoms with Crippen molar-refractivity contribution >= 4 is 50.8 Å². The molecule has 2 aliphatic heterocycles. The molecule has 2 heterocycles. The van der Waals surface area contributed by atoms with Crippen LogP contribution in [0.3, 0.4) is 0 Å². The van der Waals surface area contributed by atoms with Gasteiger partial charge in [-0.2, -0.15) is 5.10 Å². The van der Waals surface area contributed by atoms with Crippen molar-refractivity contribution in [2.24, 2.45) is 5.10 Å². The first kappa shape index (κ1) is 16.5. The minimum absolute atomic E-state index is 0.144. The highest BCUT2D eigenvalue weighted by molar-refractivity contribution is 8.16. The number of hydrogen-bond acceptors (Lipinski definition) is 5. The second-order valence-electron chi connectivity index (χ2n) is 6.38. The van der Waals surface area contributed by atoms with E-state index in [1.165, 1.54) is 11.8 Å². The maximum absolute atomic E-state index is 12.7. The van der Waals surface area contributed by atoms with Gasteiger partial charge in [0.2, 0.25) is 4.87 Å². The van der Waals surface area contributed by atoms with Gasteiger partial charge in [-0.1, -0.05) is 41.6 Å². The SMILES string of the molecule is COc1ccc2cc(C3=NNC4(S3)C(=O)Nc3ccc(Cl)cc34)ccc2c1. The molecule has 7 heteroatoms. The minimum atomic E-state index is -0.982. The molecule has 2 aliphatic rings. The number of benzene rings is 3. The lowest BCUT2D eigenvalue weighted by Crippen LogP contribution is -2.39. The van der Waals surface area contributed by atoms with E-state index in [1.54, 1.807) is 19.2 Å². The average molecular weight is 396 g/mol. The van der Waals surface area contributed by atoms with Crippen molar-refractivity contribution < 1.29 is 9.53 Å². The Morgan fingerprint density at radius 2 is 1.89 bits per heavy atom. The molecule has 3 aromatic carbocycles. The summed E-state index contributed by atoms with van der Waals surface area (Å²) in [6, 6.07) is 17.4. The Labute approximate surface area is 164 Å². The number of rotatable bonds is 2. The Balaban J connectivity index is 1.52. The molecule has 5 rings (SSSR count). The lowest BCUT2D eigenvalue weighted by molar-refractivity contribution is -0.118. The van der Waals surface area contributed by atoms with Crippen LogP contribution in [0.4, 0.5) is 5.69 Å². The van der Waals surface area contributed by atoms with Crippen LogP contribution < -0.4 is 15.5 Å². The van der Waals surface area contributed by atoms with Gasteiger partial charge in [0.1, 0.15) is 10.8 Å². The molecular weight excluding hydrogens is 382 g/mol. The van der Waals surface area contributed by atoms with Gasteiger partial charge in [0.15, 0.2) is 0 Å². The first-order chi connectivity index (χ1) is 13.1. The second kappa shape index (κ2) is 5.90. The first-order valence-electron chi connectivity index (χ1n) is 8.33. The number of nitrogens with zero attached hydrogens (tertiary/aromatic N) is 1. The smallest absolute Gasteiger partial charge is 0.267 e. The lowest BCUT2D eigenvalue weighted by atomic mass is 10.1. The van der Waals surface area contributed by atoms with Crippen molar-refractivity contribution in [3.8, 4) is 5.75 Å². The standard InChI is InChI=1S/C20H14ClN3O2S/c1-26-15-6-4-11-8-13(3-2-12(11)9-15)18-23-24-20(27-18)16-10-14(21)5-7-17(16)22-19(20)25/h2-10,24H,1H3,(H,22,25). The third-order valence-corrected chi connectivity index (χ3v) is 6.35. The highest BCUT2D eigenvalue weighted by Crippen LogP contribution is 2.48. The Hall–Kier alpha value is -2.70. The van der Waals surface area contributed by atoms with Crippen LogP contribution in [0.25, 0.3) is 10.8 Å². The van der Waals surface area contributed by atoms with Crippen molar-refractivity contribution in [3.63, 3.8) is 0 Å². The molecule has 5 nitrogen and oxygen atoms in total. The summed E-state index contributed by atoms with van der Waals surface area (Å²) in [6.07, 6.45) is 0. The number of hydrazone groups is 1. The Morgan fingerprint density at radius 1 is 1.07 bits per heavy atom. The normalized spacial score (nSPS) is 20.4. The largest absolute Gasteiger partial charge is 0.497 e. The van der Waals surface area contributed by atoms with Gasteiger partial charge < -0.3 is 10.1 Å². The molecule has 1 unspecified atom stereocenters. The molecule has 0 aromatic heterocycles. The Kier molecular flexibility index (Phi) is 3.60. The van der Waals surface area contributed by atoms with Gasteiger partial charge in [-0.3, -0.25) is 10.2 Å². The first-order valence-corrected chi connectivity index (χ1v) is 9.52. The molecule has 1 amide bonds. The van der Waals surface area contributed by atoms with Gasteiger partial charge in [0.05, 0.1) is 7.11 Å². The summed E-state index contributed by atoms with van der Waals surface area (Å²) in [5.41, 5.74) is 5.55. The number of carbonyl (C=O) groups is 1. The van der Waals surface area contributed by atoms with Crippen LogP contribution in [0.15, 0.2) is 59.7 Å². The molecule has 0 bridgehead atoms. The highest BCUT2D eigenvalue weighted by atomic mass is 35.5. The van der Waals surface area contributed by atoms with E-state index in [0.29, 0.717) is 5.02 Å². The predicted octanol–water partition coefficient (Wildman–Crippen LogP) is 4.30. The van der Waals surface area contributed by atoms with Crippen LogP contribution in [0.5, 0.6) is 5.75 Å². The zero-order valence-electron chi connectivity index (χ0n) is 14.2.